The molecular formula is C10H13FN4O3S. The molecule has 1 aromatic rings. The van der Waals surface area contributed by atoms with Gasteiger partial charge in [-0.05, 0) is 47.7 Å². The number of nitrogens with two attached hydrogens (primary N) is 1. The Morgan fingerprint density at radius 3 is 2.58 bits per heavy atom. The summed E-state index contributed by atoms with van der Waals surface area (Å²) in [6, 6.07) is 1.36. The molecular weight excluding hydrogens is 275 g/mol. The van der Waals surface area contributed by atoms with Crippen LogP contribution in [0.25, 0.3) is 10.4 Å². The Morgan fingerprint density at radius 1 is 1.47 bits per heavy atom. The van der Waals surface area contributed by atoms with E-state index in [0.717, 1.165) is 5.56 Å². The minimum Gasteiger partial charge on any atom is -0.358 e. The van der Waals surface area contributed by atoms with Crippen LogP contribution >= 0.6 is 0 Å². The number of hydrogen-bond donors (Lipinski definition) is 1. The quantitative estimate of drug-likeness (QED) is 0.386. The van der Waals surface area contributed by atoms with Gasteiger partial charge in [-0.25, -0.2) is 0 Å². The van der Waals surface area contributed by atoms with E-state index >= 15 is 0 Å². The van der Waals surface area contributed by atoms with Crippen LogP contribution in [0.4, 0.5) is 3.89 Å². The summed E-state index contributed by atoms with van der Waals surface area (Å²) in [4.78, 5) is 2.63. The van der Waals surface area contributed by atoms with E-state index in [1.54, 1.807) is 13.8 Å². The normalized spacial score (nSPS) is 10.9. The summed E-state index contributed by atoms with van der Waals surface area (Å²) in [5.74, 6) is -0.156. The van der Waals surface area contributed by atoms with Crippen molar-refractivity contribution in [2.45, 2.75) is 26.9 Å². The minimum absolute atomic E-state index is 0.00466. The van der Waals surface area contributed by atoms with E-state index in [9.17, 15) is 12.3 Å². The summed E-state index contributed by atoms with van der Waals surface area (Å²) >= 11 is 0. The third-order valence-electron chi connectivity index (χ3n) is 2.76. The smallest absolute Gasteiger partial charge is 0.358 e. The molecule has 0 aliphatic rings. The molecule has 7 nitrogen and oxygen atoms in total. The fourth-order valence-electron chi connectivity index (χ4n) is 1.74. The van der Waals surface area contributed by atoms with E-state index in [0.29, 0.717) is 16.7 Å². The first-order chi connectivity index (χ1) is 8.80. The maximum atomic E-state index is 12.6. The Bertz CT molecular complexity index is 639. The van der Waals surface area contributed by atoms with Crippen molar-refractivity contribution in [2.24, 2.45) is 10.8 Å². The van der Waals surface area contributed by atoms with Gasteiger partial charge in [-0.3, -0.25) is 0 Å². The van der Waals surface area contributed by atoms with Crippen molar-refractivity contribution >= 4 is 10.5 Å². The van der Waals surface area contributed by atoms with Crippen LogP contribution in [0, 0.1) is 13.8 Å². The number of benzene rings is 1. The molecule has 0 spiro atoms. The second kappa shape index (κ2) is 5.87. The van der Waals surface area contributed by atoms with Gasteiger partial charge in [0.1, 0.15) is 5.75 Å². The molecule has 104 valence electrons. The Balaban J connectivity index is 3.44. The zero-order valence-corrected chi connectivity index (χ0v) is 11.2. The average Bonchev–Trinajstić information content (AvgIpc) is 2.31. The molecule has 0 fully saturated rings. The van der Waals surface area contributed by atoms with Crippen LogP contribution in [-0.4, -0.2) is 8.42 Å². The highest BCUT2D eigenvalue weighted by atomic mass is 32.3. The third kappa shape index (κ3) is 3.82. The van der Waals surface area contributed by atoms with Crippen LogP contribution in [0.1, 0.15) is 22.3 Å². The van der Waals surface area contributed by atoms with E-state index in [1.165, 1.54) is 6.07 Å². The lowest BCUT2D eigenvalue weighted by molar-refractivity contribution is 0.438. The summed E-state index contributed by atoms with van der Waals surface area (Å²) in [5, 5.41) is 3.42. The molecule has 0 aromatic heterocycles. The number of nitrogens with zero attached hydrogens (tertiary/aromatic N) is 3. The summed E-state index contributed by atoms with van der Waals surface area (Å²) < 4.78 is 38.0. The maximum absolute atomic E-state index is 12.6. The summed E-state index contributed by atoms with van der Waals surface area (Å²) in [6.45, 7) is 3.43. The van der Waals surface area contributed by atoms with Crippen molar-refractivity contribution in [3.63, 3.8) is 0 Å². The molecule has 19 heavy (non-hydrogen) atoms. The molecule has 0 heterocycles. The Hall–Kier alpha value is -1.83. The highest BCUT2D eigenvalue weighted by molar-refractivity contribution is 7.81. The van der Waals surface area contributed by atoms with Gasteiger partial charge in [0.15, 0.2) is 0 Å². The van der Waals surface area contributed by atoms with Gasteiger partial charge in [0.05, 0.1) is 6.54 Å². The molecule has 2 N–H and O–H groups in total. The van der Waals surface area contributed by atoms with Gasteiger partial charge < -0.3 is 9.92 Å². The van der Waals surface area contributed by atoms with Gasteiger partial charge in [-0.2, -0.15) is 8.42 Å². The number of rotatable bonds is 5. The van der Waals surface area contributed by atoms with Crippen molar-refractivity contribution in [1.82, 2.24) is 0 Å². The SMILES string of the molecule is Cc1c(CN)cc(OS(=O)(=O)F)c(C)c1CN=[N+]=[N-]. The molecule has 0 aliphatic heterocycles. The molecule has 0 amide bonds. The van der Waals surface area contributed by atoms with Gasteiger partial charge in [-0.1, -0.05) is 9.00 Å². The second-order valence-corrected chi connectivity index (χ2v) is 4.78. The van der Waals surface area contributed by atoms with Crippen LogP contribution in [-0.2, 0) is 23.6 Å². The molecule has 9 heteroatoms. The molecule has 1 rings (SSSR count). The lowest BCUT2D eigenvalue weighted by Gasteiger charge is -2.15. The lowest BCUT2D eigenvalue weighted by Crippen LogP contribution is -2.09. The Morgan fingerprint density at radius 2 is 2.11 bits per heavy atom. The summed E-state index contributed by atoms with van der Waals surface area (Å²) in [6.07, 6.45) is 0. The van der Waals surface area contributed by atoms with E-state index in [1.807, 2.05) is 0 Å². The van der Waals surface area contributed by atoms with E-state index in [4.69, 9.17) is 11.3 Å². The predicted octanol–water partition coefficient (Wildman–Crippen LogP) is 2.17. The monoisotopic (exact) mass is 288 g/mol. The van der Waals surface area contributed by atoms with Gasteiger partial charge in [0, 0.05) is 11.5 Å². The maximum Gasteiger partial charge on any atom is 0.488 e. The molecule has 0 saturated heterocycles. The Kier molecular flexibility index (Phi) is 4.71. The standard InChI is InChI=1S/C10H13FN4O3S/c1-6-8(4-12)3-10(18-19(11,16)17)7(2)9(6)5-14-15-13/h3H,4-5,12H2,1-2H3. The van der Waals surface area contributed by atoms with Crippen molar-refractivity contribution in [3.8, 4) is 5.75 Å². The van der Waals surface area contributed by atoms with Gasteiger partial charge >= 0.3 is 10.5 Å². The molecule has 0 bridgehead atoms. The number of azide groups is 1. The zero-order chi connectivity index (χ0) is 14.6. The van der Waals surface area contributed by atoms with Crippen LogP contribution in [0.3, 0.4) is 0 Å². The van der Waals surface area contributed by atoms with Crippen molar-refractivity contribution < 1.29 is 16.5 Å². The molecule has 0 saturated carbocycles. The van der Waals surface area contributed by atoms with E-state index < -0.39 is 10.5 Å². The molecule has 0 radical (unpaired) electrons. The summed E-state index contributed by atoms with van der Waals surface area (Å²) in [5.41, 5.74) is 16.2. The second-order valence-electron chi connectivity index (χ2n) is 3.83. The summed E-state index contributed by atoms with van der Waals surface area (Å²) in [7, 11) is -5.12. The fourth-order valence-corrected chi connectivity index (χ4v) is 2.13. The first-order valence-electron chi connectivity index (χ1n) is 5.27. The largest absolute Gasteiger partial charge is 0.488 e. The zero-order valence-electron chi connectivity index (χ0n) is 10.4. The Labute approximate surface area is 110 Å². The first kappa shape index (κ1) is 15.2. The van der Waals surface area contributed by atoms with Gasteiger partial charge in [0.2, 0.25) is 0 Å². The highest BCUT2D eigenvalue weighted by Gasteiger charge is 2.17. The van der Waals surface area contributed by atoms with Crippen LogP contribution < -0.4 is 9.92 Å². The molecule has 0 unspecified atom stereocenters. The molecule has 1 aromatic carbocycles. The topological polar surface area (TPSA) is 118 Å². The van der Waals surface area contributed by atoms with Gasteiger partial charge in [0.25, 0.3) is 0 Å². The van der Waals surface area contributed by atoms with Gasteiger partial charge in [-0.15, -0.1) is 0 Å². The van der Waals surface area contributed by atoms with Crippen molar-refractivity contribution in [1.29, 1.82) is 0 Å². The average molecular weight is 288 g/mol. The molecule has 0 atom stereocenters. The first-order valence-corrected chi connectivity index (χ1v) is 6.58. The van der Waals surface area contributed by atoms with Crippen LogP contribution in [0.2, 0.25) is 0 Å². The van der Waals surface area contributed by atoms with Crippen molar-refractivity contribution in [2.75, 3.05) is 0 Å². The van der Waals surface area contributed by atoms with Crippen LogP contribution in [0.15, 0.2) is 11.2 Å². The number of hydrogen-bond acceptors (Lipinski definition) is 5. The lowest BCUT2D eigenvalue weighted by atomic mass is 9.97. The third-order valence-corrected chi connectivity index (χ3v) is 3.14. The van der Waals surface area contributed by atoms with Crippen molar-refractivity contribution in [3.05, 3.63) is 38.8 Å². The molecule has 0 aliphatic carbocycles. The minimum atomic E-state index is -5.12. The predicted molar refractivity (Wildman–Crippen MR) is 67.3 cm³/mol. The number of halogens is 1. The van der Waals surface area contributed by atoms with Crippen LogP contribution in [0.5, 0.6) is 5.75 Å². The van der Waals surface area contributed by atoms with E-state index in [-0.39, 0.29) is 18.8 Å². The van der Waals surface area contributed by atoms with E-state index in [2.05, 4.69) is 14.2 Å². The highest BCUT2D eigenvalue weighted by Crippen LogP contribution is 2.30. The fraction of sp³-hybridized carbons (Fsp3) is 0.400.